The number of amidine groups is 1. The van der Waals surface area contributed by atoms with E-state index in [9.17, 15) is 4.39 Å². The van der Waals surface area contributed by atoms with Gasteiger partial charge in [-0.15, -0.1) is 0 Å². The zero-order valence-corrected chi connectivity index (χ0v) is 12.8. The highest BCUT2D eigenvalue weighted by molar-refractivity contribution is 6.02. The molecule has 0 spiro atoms. The lowest BCUT2D eigenvalue weighted by Gasteiger charge is -2.49. The molecule has 0 aliphatic heterocycles. The summed E-state index contributed by atoms with van der Waals surface area (Å²) in [5, 5.41) is 11.8. The fraction of sp³-hybridized carbons (Fsp3) is 0.533. The van der Waals surface area contributed by atoms with E-state index in [1.165, 1.54) is 12.5 Å². The Kier molecular flexibility index (Phi) is 4.37. The molecule has 0 unspecified atom stereocenters. The van der Waals surface area contributed by atoms with Crippen molar-refractivity contribution in [3.8, 4) is 0 Å². The normalized spacial score (nSPS) is 17.7. The smallest absolute Gasteiger partial charge is 0.175 e. The van der Waals surface area contributed by atoms with E-state index in [4.69, 9.17) is 10.9 Å². The largest absolute Gasteiger partial charge is 0.409 e. The molecule has 6 heteroatoms. The van der Waals surface area contributed by atoms with Crippen LogP contribution in [0.15, 0.2) is 23.4 Å². The van der Waals surface area contributed by atoms with E-state index in [1.54, 1.807) is 12.1 Å². The number of halogens is 1. The molecule has 0 bridgehead atoms. The molecule has 5 nitrogen and oxygen atoms in total. The molecular weight excluding hydrogens is 271 g/mol. The first-order valence-electron chi connectivity index (χ1n) is 7.06. The Hall–Kier alpha value is -1.82. The van der Waals surface area contributed by atoms with Crippen molar-refractivity contribution >= 4 is 11.5 Å². The molecule has 21 heavy (non-hydrogen) atoms. The first-order chi connectivity index (χ1) is 9.91. The third-order valence-corrected chi connectivity index (χ3v) is 4.53. The van der Waals surface area contributed by atoms with Crippen LogP contribution in [0.1, 0.15) is 24.8 Å². The van der Waals surface area contributed by atoms with Gasteiger partial charge < -0.3 is 20.7 Å². The van der Waals surface area contributed by atoms with Crippen LogP contribution in [0.4, 0.5) is 10.1 Å². The van der Waals surface area contributed by atoms with Crippen molar-refractivity contribution in [1.29, 1.82) is 0 Å². The lowest BCUT2D eigenvalue weighted by Crippen LogP contribution is -2.57. The monoisotopic (exact) mass is 294 g/mol. The van der Waals surface area contributed by atoms with Crippen LogP contribution in [-0.2, 0) is 0 Å². The SMILES string of the molecule is CN(CC1(N(C)C)CCC1)c1cccc(F)c1/C(N)=N/O. The number of nitrogens with two attached hydrogens (primary N) is 1. The highest BCUT2D eigenvalue weighted by atomic mass is 19.1. The summed E-state index contributed by atoms with van der Waals surface area (Å²) >= 11 is 0. The van der Waals surface area contributed by atoms with E-state index in [0.29, 0.717) is 5.69 Å². The lowest BCUT2D eigenvalue weighted by atomic mass is 9.75. The maximum absolute atomic E-state index is 14.0. The molecule has 0 aromatic heterocycles. The molecule has 1 saturated carbocycles. The lowest BCUT2D eigenvalue weighted by molar-refractivity contribution is 0.0683. The fourth-order valence-electron chi connectivity index (χ4n) is 2.99. The van der Waals surface area contributed by atoms with Gasteiger partial charge in [0.15, 0.2) is 5.84 Å². The topological polar surface area (TPSA) is 65.1 Å². The molecule has 1 aliphatic rings. The number of anilines is 1. The zero-order valence-electron chi connectivity index (χ0n) is 12.8. The average molecular weight is 294 g/mol. The molecule has 1 aromatic carbocycles. The summed E-state index contributed by atoms with van der Waals surface area (Å²) in [5.74, 6) is -0.690. The first-order valence-corrected chi connectivity index (χ1v) is 7.06. The second-order valence-corrected chi connectivity index (χ2v) is 5.95. The van der Waals surface area contributed by atoms with E-state index in [-0.39, 0.29) is 16.9 Å². The first kappa shape index (κ1) is 15.6. The summed E-state index contributed by atoms with van der Waals surface area (Å²) in [5.41, 5.74) is 6.53. The van der Waals surface area contributed by atoms with Gasteiger partial charge in [-0.2, -0.15) is 0 Å². The van der Waals surface area contributed by atoms with Crippen molar-refractivity contribution in [1.82, 2.24) is 4.90 Å². The summed E-state index contributed by atoms with van der Waals surface area (Å²) in [6.07, 6.45) is 3.46. The van der Waals surface area contributed by atoms with Crippen LogP contribution < -0.4 is 10.6 Å². The number of likely N-dealkylation sites (N-methyl/N-ethyl adjacent to an activating group) is 2. The standard InChI is InChI=1S/C15H23FN4O/c1-19(2)15(8-5-9-15)10-20(3)12-7-4-6-11(16)13(12)14(17)18-21/h4,6-7,21H,5,8-10H2,1-3H3,(H2,17,18). The Morgan fingerprint density at radius 1 is 1.38 bits per heavy atom. The quantitative estimate of drug-likeness (QED) is 0.376. The molecule has 1 fully saturated rings. The van der Waals surface area contributed by atoms with E-state index in [1.807, 2.05) is 11.9 Å². The molecular formula is C15H23FN4O. The van der Waals surface area contributed by atoms with Gasteiger partial charge in [0.05, 0.1) is 11.3 Å². The van der Waals surface area contributed by atoms with Crippen LogP contribution >= 0.6 is 0 Å². The number of oxime groups is 1. The Balaban J connectivity index is 2.31. The van der Waals surface area contributed by atoms with Crippen LogP contribution in [0.2, 0.25) is 0 Å². The van der Waals surface area contributed by atoms with Crippen molar-refractivity contribution < 1.29 is 9.60 Å². The minimum absolute atomic E-state index is 0.115. The minimum atomic E-state index is -0.484. The predicted molar refractivity (Wildman–Crippen MR) is 82.4 cm³/mol. The van der Waals surface area contributed by atoms with E-state index < -0.39 is 5.82 Å². The molecule has 0 heterocycles. The number of hydrogen-bond acceptors (Lipinski definition) is 4. The highest BCUT2D eigenvalue weighted by Crippen LogP contribution is 2.38. The van der Waals surface area contributed by atoms with E-state index in [0.717, 1.165) is 19.4 Å². The van der Waals surface area contributed by atoms with E-state index in [2.05, 4.69) is 24.2 Å². The van der Waals surface area contributed by atoms with Crippen molar-refractivity contribution in [2.24, 2.45) is 10.9 Å². The maximum Gasteiger partial charge on any atom is 0.175 e. The Morgan fingerprint density at radius 2 is 2.05 bits per heavy atom. The van der Waals surface area contributed by atoms with Gasteiger partial charge in [-0.1, -0.05) is 11.2 Å². The number of benzene rings is 1. The number of nitrogens with zero attached hydrogens (tertiary/aromatic N) is 3. The van der Waals surface area contributed by atoms with E-state index >= 15 is 0 Å². The zero-order chi connectivity index (χ0) is 15.6. The summed E-state index contributed by atoms with van der Waals surface area (Å²) in [4.78, 5) is 4.21. The van der Waals surface area contributed by atoms with Crippen LogP contribution in [0.3, 0.4) is 0 Å². The van der Waals surface area contributed by atoms with Crippen molar-refractivity contribution in [2.45, 2.75) is 24.8 Å². The molecule has 0 radical (unpaired) electrons. The van der Waals surface area contributed by atoms with Gasteiger partial charge in [0.2, 0.25) is 0 Å². The molecule has 0 amide bonds. The minimum Gasteiger partial charge on any atom is -0.409 e. The predicted octanol–water partition coefficient (Wildman–Crippen LogP) is 1.84. The van der Waals surface area contributed by atoms with Crippen LogP contribution in [0.5, 0.6) is 0 Å². The van der Waals surface area contributed by atoms with Crippen LogP contribution in [0, 0.1) is 5.82 Å². The van der Waals surface area contributed by atoms with Crippen molar-refractivity contribution in [3.63, 3.8) is 0 Å². The van der Waals surface area contributed by atoms with Gasteiger partial charge in [0.1, 0.15) is 5.82 Å². The van der Waals surface area contributed by atoms with Gasteiger partial charge in [-0.25, -0.2) is 4.39 Å². The second kappa shape index (κ2) is 5.89. The van der Waals surface area contributed by atoms with Gasteiger partial charge >= 0.3 is 0 Å². The van der Waals surface area contributed by atoms with Crippen molar-refractivity contribution in [2.75, 3.05) is 32.6 Å². The van der Waals surface area contributed by atoms with Crippen LogP contribution in [0.25, 0.3) is 0 Å². The molecule has 2 rings (SSSR count). The van der Waals surface area contributed by atoms with Gasteiger partial charge in [0.25, 0.3) is 0 Å². The second-order valence-electron chi connectivity index (χ2n) is 5.95. The maximum atomic E-state index is 14.0. The summed E-state index contributed by atoms with van der Waals surface area (Å²) in [6, 6.07) is 4.74. The summed E-state index contributed by atoms with van der Waals surface area (Å²) in [6.45, 7) is 0.773. The number of hydrogen-bond donors (Lipinski definition) is 2. The average Bonchev–Trinajstić information content (AvgIpc) is 2.41. The molecule has 1 aromatic rings. The summed E-state index contributed by atoms with van der Waals surface area (Å²) in [7, 11) is 6.05. The Labute approximate surface area is 124 Å². The summed E-state index contributed by atoms with van der Waals surface area (Å²) < 4.78 is 14.0. The van der Waals surface area contributed by atoms with Crippen LogP contribution in [-0.4, -0.2) is 49.2 Å². The van der Waals surface area contributed by atoms with Gasteiger partial charge in [0, 0.05) is 19.1 Å². The molecule has 0 saturated heterocycles. The Bertz CT molecular complexity index is 540. The molecule has 0 atom stereocenters. The third-order valence-electron chi connectivity index (χ3n) is 4.53. The highest BCUT2D eigenvalue weighted by Gasteiger charge is 2.40. The molecule has 3 N–H and O–H groups in total. The van der Waals surface area contributed by atoms with Crippen molar-refractivity contribution in [3.05, 3.63) is 29.6 Å². The van der Waals surface area contributed by atoms with Gasteiger partial charge in [-0.05, 0) is 45.5 Å². The molecule has 116 valence electrons. The third kappa shape index (κ3) is 2.81. The van der Waals surface area contributed by atoms with Gasteiger partial charge in [-0.3, -0.25) is 0 Å². The molecule has 1 aliphatic carbocycles. The Morgan fingerprint density at radius 3 is 2.52 bits per heavy atom. The fourth-order valence-corrected chi connectivity index (χ4v) is 2.99. The number of rotatable bonds is 5.